The summed E-state index contributed by atoms with van der Waals surface area (Å²) >= 11 is 0. The lowest BCUT2D eigenvalue weighted by molar-refractivity contribution is -0.136. The van der Waals surface area contributed by atoms with Crippen LogP contribution in [0.4, 0.5) is 4.79 Å². The quantitative estimate of drug-likeness (QED) is 0.784. The highest BCUT2D eigenvalue weighted by atomic mass is 16.3. The van der Waals surface area contributed by atoms with Gasteiger partial charge in [0.05, 0.1) is 6.61 Å². The molecule has 4 amide bonds. The summed E-state index contributed by atoms with van der Waals surface area (Å²) < 4.78 is 0. The molecular formula is C14H16N2O4. The molecule has 1 aliphatic rings. The van der Waals surface area contributed by atoms with Crippen molar-refractivity contribution in [2.24, 2.45) is 0 Å². The third kappa shape index (κ3) is 3.03. The minimum absolute atomic E-state index is 0.0127. The van der Waals surface area contributed by atoms with Crippen molar-refractivity contribution in [3.8, 4) is 0 Å². The first kappa shape index (κ1) is 14.2. The van der Waals surface area contributed by atoms with E-state index in [4.69, 9.17) is 5.11 Å². The van der Waals surface area contributed by atoms with Crippen LogP contribution in [0.5, 0.6) is 0 Å². The highest BCUT2D eigenvalue weighted by molar-refractivity contribution is 6.14. The predicted molar refractivity (Wildman–Crippen MR) is 70.7 cm³/mol. The molecule has 1 saturated heterocycles. The number of amides is 4. The van der Waals surface area contributed by atoms with Gasteiger partial charge in [0.1, 0.15) is 6.42 Å². The maximum atomic E-state index is 11.6. The number of urea groups is 1. The van der Waals surface area contributed by atoms with Crippen LogP contribution in [0.3, 0.4) is 0 Å². The SMILES string of the molecule is Cc1cc(CCN2C(=O)CC(=O)NC2=O)ccc1CO. The van der Waals surface area contributed by atoms with E-state index in [1.54, 1.807) is 0 Å². The van der Waals surface area contributed by atoms with E-state index in [-0.39, 0.29) is 19.6 Å². The number of nitrogens with zero attached hydrogens (tertiary/aromatic N) is 1. The maximum Gasteiger partial charge on any atom is 0.330 e. The summed E-state index contributed by atoms with van der Waals surface area (Å²) in [6, 6.07) is 4.95. The van der Waals surface area contributed by atoms with E-state index in [1.165, 1.54) is 0 Å². The van der Waals surface area contributed by atoms with Crippen LogP contribution in [0.2, 0.25) is 0 Å². The average molecular weight is 276 g/mol. The van der Waals surface area contributed by atoms with E-state index in [9.17, 15) is 14.4 Å². The maximum absolute atomic E-state index is 11.6. The summed E-state index contributed by atoms with van der Waals surface area (Å²) in [5.41, 5.74) is 2.79. The van der Waals surface area contributed by atoms with Gasteiger partial charge in [-0.25, -0.2) is 4.79 Å². The number of aliphatic hydroxyl groups excluding tert-OH is 1. The molecule has 0 aromatic heterocycles. The highest BCUT2D eigenvalue weighted by Gasteiger charge is 2.30. The normalized spacial score (nSPS) is 15.5. The zero-order chi connectivity index (χ0) is 14.7. The number of benzene rings is 1. The van der Waals surface area contributed by atoms with Gasteiger partial charge in [-0.15, -0.1) is 0 Å². The molecule has 0 saturated carbocycles. The molecule has 1 aliphatic heterocycles. The molecule has 0 bridgehead atoms. The minimum Gasteiger partial charge on any atom is -0.392 e. The fraction of sp³-hybridized carbons (Fsp3) is 0.357. The molecule has 0 aliphatic carbocycles. The summed E-state index contributed by atoms with van der Waals surface area (Å²) in [5.74, 6) is -1.03. The highest BCUT2D eigenvalue weighted by Crippen LogP contribution is 2.13. The number of barbiturate groups is 1. The van der Waals surface area contributed by atoms with Crippen molar-refractivity contribution in [2.75, 3.05) is 6.54 Å². The second kappa shape index (κ2) is 5.83. The molecular weight excluding hydrogens is 260 g/mol. The molecule has 0 unspecified atom stereocenters. The number of hydrogen-bond acceptors (Lipinski definition) is 4. The minimum atomic E-state index is -0.657. The van der Waals surface area contributed by atoms with Gasteiger partial charge >= 0.3 is 6.03 Å². The lowest BCUT2D eigenvalue weighted by Gasteiger charge is -2.24. The lowest BCUT2D eigenvalue weighted by atomic mass is 10.0. The van der Waals surface area contributed by atoms with E-state index in [0.717, 1.165) is 21.6 Å². The largest absolute Gasteiger partial charge is 0.392 e. The number of carbonyl (C=O) groups is 3. The van der Waals surface area contributed by atoms with Gasteiger partial charge in [0.2, 0.25) is 11.8 Å². The van der Waals surface area contributed by atoms with Crippen LogP contribution in [0.1, 0.15) is 23.1 Å². The monoisotopic (exact) mass is 276 g/mol. The summed E-state index contributed by atoms with van der Waals surface area (Å²) in [5, 5.41) is 11.2. The summed E-state index contributed by atoms with van der Waals surface area (Å²) in [6.45, 7) is 2.11. The topological polar surface area (TPSA) is 86.7 Å². The fourth-order valence-corrected chi connectivity index (χ4v) is 2.14. The van der Waals surface area contributed by atoms with E-state index in [0.29, 0.717) is 6.42 Å². The Balaban J connectivity index is 2.01. The predicted octanol–water partition coefficient (Wildman–Crippen LogP) is 0.498. The molecule has 1 aromatic rings. The van der Waals surface area contributed by atoms with Crippen LogP contribution in [0.25, 0.3) is 0 Å². The molecule has 6 nitrogen and oxygen atoms in total. The van der Waals surface area contributed by atoms with Crippen LogP contribution >= 0.6 is 0 Å². The van der Waals surface area contributed by atoms with Crippen molar-refractivity contribution < 1.29 is 19.5 Å². The van der Waals surface area contributed by atoms with Gasteiger partial charge in [0.15, 0.2) is 0 Å². The third-order valence-electron chi connectivity index (χ3n) is 3.31. The zero-order valence-electron chi connectivity index (χ0n) is 11.2. The first-order valence-electron chi connectivity index (χ1n) is 6.34. The Hall–Kier alpha value is -2.21. The zero-order valence-corrected chi connectivity index (χ0v) is 11.2. The molecule has 20 heavy (non-hydrogen) atoms. The average Bonchev–Trinajstić information content (AvgIpc) is 2.37. The Labute approximate surface area is 116 Å². The molecule has 1 fully saturated rings. The molecule has 106 valence electrons. The molecule has 2 N–H and O–H groups in total. The van der Waals surface area contributed by atoms with Gasteiger partial charge < -0.3 is 5.11 Å². The standard InChI is InChI=1S/C14H16N2O4/c1-9-6-10(2-3-11(9)8-17)4-5-16-13(19)7-12(18)15-14(16)20/h2-3,6,17H,4-5,7-8H2,1H3,(H,15,18,20). The Morgan fingerprint density at radius 2 is 2.05 bits per heavy atom. The van der Waals surface area contributed by atoms with Gasteiger partial charge in [0, 0.05) is 6.54 Å². The van der Waals surface area contributed by atoms with Crippen LogP contribution in [0, 0.1) is 6.92 Å². The summed E-state index contributed by atoms with van der Waals surface area (Å²) in [4.78, 5) is 35.2. The third-order valence-corrected chi connectivity index (χ3v) is 3.31. The van der Waals surface area contributed by atoms with Crippen molar-refractivity contribution in [3.63, 3.8) is 0 Å². The van der Waals surface area contributed by atoms with E-state index < -0.39 is 17.8 Å². The molecule has 1 aromatic carbocycles. The van der Waals surface area contributed by atoms with Crippen molar-refractivity contribution >= 4 is 17.8 Å². The second-order valence-electron chi connectivity index (χ2n) is 4.74. The van der Waals surface area contributed by atoms with Gasteiger partial charge in [-0.3, -0.25) is 19.8 Å². The number of nitrogens with one attached hydrogen (secondary N) is 1. The van der Waals surface area contributed by atoms with Crippen LogP contribution in [-0.2, 0) is 22.6 Å². The second-order valence-corrected chi connectivity index (χ2v) is 4.74. The summed E-state index contributed by atoms with van der Waals surface area (Å²) in [7, 11) is 0. The van der Waals surface area contributed by atoms with Crippen molar-refractivity contribution in [1.82, 2.24) is 10.2 Å². The first-order chi connectivity index (χ1) is 9.51. The first-order valence-corrected chi connectivity index (χ1v) is 6.34. The molecule has 2 rings (SSSR count). The molecule has 1 heterocycles. The Morgan fingerprint density at radius 3 is 2.65 bits per heavy atom. The number of aryl methyl sites for hydroxylation is 1. The Morgan fingerprint density at radius 1 is 1.30 bits per heavy atom. The summed E-state index contributed by atoms with van der Waals surface area (Å²) in [6.07, 6.45) is 0.230. The number of hydrogen-bond donors (Lipinski definition) is 2. The van der Waals surface area contributed by atoms with Gasteiger partial charge in [-0.05, 0) is 30.0 Å². The fourth-order valence-electron chi connectivity index (χ4n) is 2.14. The van der Waals surface area contributed by atoms with Gasteiger partial charge in [-0.2, -0.15) is 0 Å². The number of imide groups is 2. The number of rotatable bonds is 4. The van der Waals surface area contributed by atoms with Gasteiger partial charge in [-0.1, -0.05) is 18.2 Å². The molecule has 0 radical (unpaired) electrons. The van der Waals surface area contributed by atoms with Crippen molar-refractivity contribution in [3.05, 3.63) is 34.9 Å². The number of aliphatic hydroxyl groups is 1. The van der Waals surface area contributed by atoms with E-state index in [2.05, 4.69) is 5.32 Å². The molecule has 0 atom stereocenters. The van der Waals surface area contributed by atoms with Crippen LogP contribution < -0.4 is 5.32 Å². The lowest BCUT2D eigenvalue weighted by Crippen LogP contribution is -2.53. The molecule has 0 spiro atoms. The number of carbonyl (C=O) groups excluding carboxylic acids is 3. The smallest absolute Gasteiger partial charge is 0.330 e. The van der Waals surface area contributed by atoms with Crippen molar-refractivity contribution in [1.29, 1.82) is 0 Å². The Bertz CT molecular complexity index is 548. The van der Waals surface area contributed by atoms with Crippen LogP contribution in [-0.4, -0.2) is 34.4 Å². The van der Waals surface area contributed by atoms with Crippen molar-refractivity contribution in [2.45, 2.75) is 26.4 Å². The van der Waals surface area contributed by atoms with Gasteiger partial charge in [0.25, 0.3) is 0 Å². The molecule has 6 heteroatoms. The van der Waals surface area contributed by atoms with E-state index in [1.807, 2.05) is 25.1 Å². The Kier molecular flexibility index (Phi) is 4.14. The van der Waals surface area contributed by atoms with E-state index >= 15 is 0 Å². The van der Waals surface area contributed by atoms with Crippen LogP contribution in [0.15, 0.2) is 18.2 Å².